The minimum absolute atomic E-state index is 0.00257. The van der Waals surface area contributed by atoms with E-state index in [4.69, 9.17) is 0 Å². The standard InChI is InChI=1S/C12H12N4O3S/c17-11(18)9(8-4-2-1-3-5-8)6-13-12(19)15-10-7-14-16-20-10/h1-5,7,9H,6H2,(H,17,18)(H2,13,15,19). The summed E-state index contributed by atoms with van der Waals surface area (Å²) in [5.74, 6) is -1.78. The molecule has 2 aromatic rings. The van der Waals surface area contributed by atoms with Crippen LogP contribution in [-0.4, -0.2) is 33.2 Å². The number of carbonyl (C=O) groups is 2. The quantitative estimate of drug-likeness (QED) is 0.775. The van der Waals surface area contributed by atoms with Crippen molar-refractivity contribution >= 4 is 28.5 Å². The number of carboxylic acids is 1. The first-order valence-corrected chi connectivity index (χ1v) is 6.54. The van der Waals surface area contributed by atoms with E-state index in [1.165, 1.54) is 6.20 Å². The summed E-state index contributed by atoms with van der Waals surface area (Å²) >= 11 is 1.04. The van der Waals surface area contributed by atoms with Gasteiger partial charge >= 0.3 is 12.0 Å². The topological polar surface area (TPSA) is 104 Å². The molecule has 8 heteroatoms. The van der Waals surface area contributed by atoms with Crippen LogP contribution in [0.5, 0.6) is 0 Å². The maximum absolute atomic E-state index is 11.6. The highest BCUT2D eigenvalue weighted by Gasteiger charge is 2.20. The Morgan fingerprint density at radius 1 is 1.30 bits per heavy atom. The molecule has 0 aliphatic rings. The Bertz CT molecular complexity index is 574. The van der Waals surface area contributed by atoms with Gasteiger partial charge in [-0.1, -0.05) is 34.8 Å². The van der Waals surface area contributed by atoms with Gasteiger partial charge in [-0.3, -0.25) is 10.1 Å². The summed E-state index contributed by atoms with van der Waals surface area (Å²) in [4.78, 5) is 22.8. The molecular weight excluding hydrogens is 280 g/mol. The fourth-order valence-electron chi connectivity index (χ4n) is 1.61. The molecule has 0 aliphatic heterocycles. The number of urea groups is 1. The summed E-state index contributed by atoms with van der Waals surface area (Å²) in [6.07, 6.45) is 1.41. The first kappa shape index (κ1) is 13.9. The summed E-state index contributed by atoms with van der Waals surface area (Å²) in [7, 11) is 0. The van der Waals surface area contributed by atoms with Gasteiger partial charge in [-0.2, -0.15) is 0 Å². The Labute approximate surface area is 118 Å². The van der Waals surface area contributed by atoms with Crippen molar-refractivity contribution in [3.8, 4) is 0 Å². The van der Waals surface area contributed by atoms with Crippen LogP contribution in [0.2, 0.25) is 0 Å². The zero-order chi connectivity index (χ0) is 14.4. The van der Waals surface area contributed by atoms with E-state index in [-0.39, 0.29) is 6.54 Å². The molecule has 1 heterocycles. The van der Waals surface area contributed by atoms with Gasteiger partial charge in [-0.25, -0.2) is 4.79 Å². The number of aromatic nitrogens is 2. The first-order chi connectivity index (χ1) is 9.66. The Morgan fingerprint density at radius 3 is 2.65 bits per heavy atom. The van der Waals surface area contributed by atoms with E-state index < -0.39 is 17.9 Å². The second-order valence-electron chi connectivity index (χ2n) is 3.92. The zero-order valence-corrected chi connectivity index (χ0v) is 11.1. The average Bonchev–Trinajstić information content (AvgIpc) is 2.92. The zero-order valence-electron chi connectivity index (χ0n) is 10.3. The number of rotatable bonds is 5. The lowest BCUT2D eigenvalue weighted by molar-refractivity contribution is -0.138. The van der Waals surface area contributed by atoms with Crippen molar-refractivity contribution in [2.75, 3.05) is 11.9 Å². The molecule has 1 atom stereocenters. The molecule has 3 N–H and O–H groups in total. The molecule has 0 spiro atoms. The number of hydrogen-bond acceptors (Lipinski definition) is 5. The van der Waals surface area contributed by atoms with Crippen molar-refractivity contribution in [2.24, 2.45) is 0 Å². The molecule has 0 fully saturated rings. The number of carbonyl (C=O) groups excluding carboxylic acids is 1. The first-order valence-electron chi connectivity index (χ1n) is 5.77. The van der Waals surface area contributed by atoms with Crippen LogP contribution in [-0.2, 0) is 4.79 Å². The molecule has 7 nitrogen and oxygen atoms in total. The van der Waals surface area contributed by atoms with E-state index in [0.29, 0.717) is 10.6 Å². The maximum Gasteiger partial charge on any atom is 0.319 e. The third kappa shape index (κ3) is 3.75. The van der Waals surface area contributed by atoms with Crippen LogP contribution in [0.1, 0.15) is 11.5 Å². The van der Waals surface area contributed by atoms with E-state index >= 15 is 0 Å². The third-order valence-electron chi connectivity index (χ3n) is 2.56. The van der Waals surface area contributed by atoms with Crippen LogP contribution in [0.15, 0.2) is 36.5 Å². The molecule has 2 rings (SSSR count). The van der Waals surface area contributed by atoms with E-state index in [1.54, 1.807) is 30.3 Å². The molecule has 1 aromatic heterocycles. The normalized spacial score (nSPS) is 11.6. The SMILES string of the molecule is O=C(NCC(C(=O)O)c1ccccc1)Nc1cnns1. The van der Waals surface area contributed by atoms with Crippen molar-refractivity contribution in [1.29, 1.82) is 0 Å². The summed E-state index contributed by atoms with van der Waals surface area (Å²) in [6, 6.07) is 8.26. The number of aliphatic carboxylic acids is 1. The molecule has 20 heavy (non-hydrogen) atoms. The van der Waals surface area contributed by atoms with E-state index in [1.807, 2.05) is 0 Å². The van der Waals surface area contributed by atoms with Crippen LogP contribution < -0.4 is 10.6 Å². The number of carboxylic acid groups (broad SMARTS) is 1. The van der Waals surface area contributed by atoms with Crippen molar-refractivity contribution < 1.29 is 14.7 Å². The molecule has 1 aromatic carbocycles. The molecule has 0 bridgehead atoms. The summed E-state index contributed by atoms with van der Waals surface area (Å²) in [5, 5.41) is 18.3. The second-order valence-corrected chi connectivity index (χ2v) is 4.70. The lowest BCUT2D eigenvalue weighted by Crippen LogP contribution is -2.34. The third-order valence-corrected chi connectivity index (χ3v) is 3.14. The number of nitrogens with zero attached hydrogens (tertiary/aromatic N) is 2. The number of benzene rings is 1. The van der Waals surface area contributed by atoms with Crippen LogP contribution in [0, 0.1) is 0 Å². The molecule has 0 aliphatic carbocycles. The minimum atomic E-state index is -0.990. The smallest absolute Gasteiger partial charge is 0.319 e. The molecule has 0 radical (unpaired) electrons. The fourth-order valence-corrected chi connectivity index (χ4v) is 2.02. The fraction of sp³-hybridized carbons (Fsp3) is 0.167. The van der Waals surface area contributed by atoms with Crippen LogP contribution in [0.4, 0.5) is 9.80 Å². The molecule has 1 unspecified atom stereocenters. The Morgan fingerprint density at radius 2 is 2.05 bits per heavy atom. The number of amides is 2. The predicted molar refractivity (Wildman–Crippen MR) is 73.7 cm³/mol. The van der Waals surface area contributed by atoms with Crippen molar-refractivity contribution in [2.45, 2.75) is 5.92 Å². The van der Waals surface area contributed by atoms with Gasteiger partial charge in [0.25, 0.3) is 0 Å². The summed E-state index contributed by atoms with van der Waals surface area (Å²) in [5.41, 5.74) is 0.639. The summed E-state index contributed by atoms with van der Waals surface area (Å²) < 4.78 is 3.60. The number of anilines is 1. The molecule has 104 valence electrons. The van der Waals surface area contributed by atoms with Gasteiger partial charge in [0.15, 0.2) is 0 Å². The van der Waals surface area contributed by atoms with Gasteiger partial charge in [0.05, 0.1) is 12.1 Å². The summed E-state index contributed by atoms with van der Waals surface area (Å²) in [6.45, 7) is -0.00257. The highest BCUT2D eigenvalue weighted by molar-refractivity contribution is 7.10. The Balaban J connectivity index is 1.93. The Hall–Kier alpha value is -2.48. The van der Waals surface area contributed by atoms with E-state index in [9.17, 15) is 14.7 Å². The monoisotopic (exact) mass is 292 g/mol. The highest BCUT2D eigenvalue weighted by atomic mass is 32.1. The second kappa shape index (κ2) is 6.62. The lowest BCUT2D eigenvalue weighted by Gasteiger charge is -2.13. The van der Waals surface area contributed by atoms with Crippen LogP contribution >= 0.6 is 11.5 Å². The van der Waals surface area contributed by atoms with Crippen molar-refractivity contribution in [3.63, 3.8) is 0 Å². The molecule has 2 amide bonds. The van der Waals surface area contributed by atoms with Gasteiger partial charge in [0.1, 0.15) is 5.00 Å². The average molecular weight is 292 g/mol. The van der Waals surface area contributed by atoms with Crippen molar-refractivity contribution in [3.05, 3.63) is 42.1 Å². The minimum Gasteiger partial charge on any atom is -0.481 e. The molecular formula is C12H12N4O3S. The van der Waals surface area contributed by atoms with Gasteiger partial charge in [0.2, 0.25) is 0 Å². The predicted octanol–water partition coefficient (Wildman–Crippen LogP) is 1.53. The van der Waals surface area contributed by atoms with Gasteiger partial charge in [-0.15, -0.1) is 5.10 Å². The van der Waals surface area contributed by atoms with Crippen LogP contribution in [0.3, 0.4) is 0 Å². The molecule has 0 saturated carbocycles. The molecule has 0 saturated heterocycles. The van der Waals surface area contributed by atoms with E-state index in [0.717, 1.165) is 11.5 Å². The van der Waals surface area contributed by atoms with E-state index in [2.05, 4.69) is 20.2 Å². The number of nitrogens with one attached hydrogen (secondary N) is 2. The van der Waals surface area contributed by atoms with Crippen molar-refractivity contribution in [1.82, 2.24) is 14.9 Å². The van der Waals surface area contributed by atoms with Gasteiger partial charge < -0.3 is 10.4 Å². The largest absolute Gasteiger partial charge is 0.481 e. The number of hydrogen-bond donors (Lipinski definition) is 3. The maximum atomic E-state index is 11.6. The van der Waals surface area contributed by atoms with Crippen LogP contribution in [0.25, 0.3) is 0 Å². The van der Waals surface area contributed by atoms with Gasteiger partial charge in [-0.05, 0) is 5.56 Å². The highest BCUT2D eigenvalue weighted by Crippen LogP contribution is 2.15. The lowest BCUT2D eigenvalue weighted by atomic mass is 9.99. The van der Waals surface area contributed by atoms with Gasteiger partial charge in [0, 0.05) is 18.1 Å². The Kier molecular flexibility index (Phi) is 4.61.